The fourth-order valence-corrected chi connectivity index (χ4v) is 1.52. The average molecular weight is 270 g/mol. The van der Waals surface area contributed by atoms with Crippen LogP contribution in [0.5, 0.6) is 0 Å². The van der Waals surface area contributed by atoms with Crippen molar-refractivity contribution in [2.45, 2.75) is 0 Å². The average Bonchev–Trinajstić information content (AvgIpc) is 2.45. The Bertz CT molecular complexity index is 741. The molecule has 0 fully saturated rings. The number of H-pyrrole nitrogens is 1. The molecule has 2 aromatic rings. The van der Waals surface area contributed by atoms with E-state index in [0.29, 0.717) is 0 Å². The fourth-order valence-electron chi connectivity index (χ4n) is 1.52. The lowest BCUT2D eigenvalue weighted by Crippen LogP contribution is -2.29. The van der Waals surface area contributed by atoms with Gasteiger partial charge in [-0.25, -0.2) is 4.39 Å². The summed E-state index contributed by atoms with van der Waals surface area (Å²) in [7, 11) is 0. The number of carbonyl (C=O) groups is 1. The van der Waals surface area contributed by atoms with E-state index in [1.54, 1.807) is 24.3 Å². The van der Waals surface area contributed by atoms with Crippen LogP contribution >= 0.6 is 0 Å². The van der Waals surface area contributed by atoms with E-state index in [-0.39, 0.29) is 17.7 Å². The van der Waals surface area contributed by atoms with Gasteiger partial charge in [0.15, 0.2) is 0 Å². The van der Waals surface area contributed by atoms with Gasteiger partial charge in [0, 0.05) is 6.20 Å². The Morgan fingerprint density at radius 2 is 2.05 bits per heavy atom. The lowest BCUT2D eigenvalue weighted by atomic mass is 10.2. The highest BCUT2D eigenvalue weighted by Crippen LogP contribution is 2.03. The summed E-state index contributed by atoms with van der Waals surface area (Å²) in [5, 5.41) is 2.47. The maximum Gasteiger partial charge on any atom is 0.260 e. The van der Waals surface area contributed by atoms with Crippen molar-refractivity contribution in [1.29, 1.82) is 0 Å². The maximum absolute atomic E-state index is 13.3. The first kappa shape index (κ1) is 13.6. The molecule has 1 amide bonds. The maximum atomic E-state index is 13.3. The topological polar surface area (TPSA) is 62.0 Å². The van der Waals surface area contributed by atoms with Crippen molar-refractivity contribution >= 4 is 5.91 Å². The van der Waals surface area contributed by atoms with E-state index in [9.17, 15) is 14.0 Å². The van der Waals surface area contributed by atoms with E-state index >= 15 is 0 Å². The molecular weight excluding hydrogens is 259 g/mol. The molecule has 0 saturated heterocycles. The van der Waals surface area contributed by atoms with Crippen LogP contribution in [0.25, 0.3) is 0 Å². The van der Waals surface area contributed by atoms with E-state index in [1.165, 1.54) is 18.3 Å². The first-order valence-electron chi connectivity index (χ1n) is 5.88. The molecule has 0 bridgehead atoms. The van der Waals surface area contributed by atoms with Crippen LogP contribution in [0.15, 0.2) is 47.4 Å². The molecule has 2 N–H and O–H groups in total. The Hall–Kier alpha value is -2.87. The second kappa shape index (κ2) is 6.34. The largest absolute Gasteiger partial charge is 0.341 e. The van der Waals surface area contributed by atoms with Gasteiger partial charge in [-0.1, -0.05) is 24.0 Å². The first-order valence-corrected chi connectivity index (χ1v) is 5.88. The summed E-state index contributed by atoms with van der Waals surface area (Å²) < 4.78 is 13.3. The van der Waals surface area contributed by atoms with Crippen LogP contribution in [0.2, 0.25) is 0 Å². The Labute approximate surface area is 114 Å². The second-order valence-corrected chi connectivity index (χ2v) is 3.88. The Balaban J connectivity index is 1.98. The number of aromatic amines is 1. The molecule has 0 spiro atoms. The molecule has 20 heavy (non-hydrogen) atoms. The molecule has 1 aromatic carbocycles. The van der Waals surface area contributed by atoms with Crippen molar-refractivity contribution in [3.63, 3.8) is 0 Å². The van der Waals surface area contributed by atoms with Crippen molar-refractivity contribution < 1.29 is 9.18 Å². The Morgan fingerprint density at radius 1 is 1.25 bits per heavy atom. The summed E-state index contributed by atoms with van der Waals surface area (Å²) in [5.74, 6) is 4.31. The van der Waals surface area contributed by atoms with Gasteiger partial charge in [0.1, 0.15) is 11.4 Å². The molecule has 100 valence electrons. The number of hydrogen-bond acceptors (Lipinski definition) is 2. The molecule has 4 nitrogen and oxygen atoms in total. The minimum absolute atomic E-state index is 0.0141. The summed E-state index contributed by atoms with van der Waals surface area (Å²) in [5.41, 5.74) is -0.188. The van der Waals surface area contributed by atoms with E-state index in [2.05, 4.69) is 22.1 Å². The molecule has 1 heterocycles. The van der Waals surface area contributed by atoms with E-state index < -0.39 is 17.3 Å². The minimum Gasteiger partial charge on any atom is -0.341 e. The third kappa shape index (κ3) is 3.33. The zero-order valence-corrected chi connectivity index (χ0v) is 10.4. The summed E-state index contributed by atoms with van der Waals surface area (Å²) in [6.45, 7) is 0.0293. The van der Waals surface area contributed by atoms with Crippen molar-refractivity contribution in [3.05, 3.63) is 69.9 Å². The van der Waals surface area contributed by atoms with E-state index in [4.69, 9.17) is 0 Å². The Kier molecular flexibility index (Phi) is 4.30. The first-order chi connectivity index (χ1) is 9.68. The molecule has 0 aliphatic rings. The van der Waals surface area contributed by atoms with Gasteiger partial charge in [0.2, 0.25) is 0 Å². The Morgan fingerprint density at radius 3 is 2.80 bits per heavy atom. The normalized spacial score (nSPS) is 9.45. The molecule has 0 radical (unpaired) electrons. The van der Waals surface area contributed by atoms with Gasteiger partial charge in [-0.05, 0) is 24.3 Å². The van der Waals surface area contributed by atoms with Crippen molar-refractivity contribution in [1.82, 2.24) is 10.3 Å². The molecule has 0 aliphatic heterocycles. The van der Waals surface area contributed by atoms with Gasteiger partial charge in [0.25, 0.3) is 11.5 Å². The minimum atomic E-state index is -0.519. The number of aromatic nitrogens is 1. The third-order valence-electron chi connectivity index (χ3n) is 2.50. The highest BCUT2D eigenvalue weighted by Gasteiger charge is 2.07. The molecular formula is C15H11FN2O2. The van der Waals surface area contributed by atoms with Crippen LogP contribution in [0, 0.1) is 17.7 Å². The molecule has 0 unspecified atom stereocenters. The number of hydrogen-bond donors (Lipinski definition) is 2. The lowest BCUT2D eigenvalue weighted by Gasteiger charge is -1.99. The molecule has 0 atom stereocenters. The SMILES string of the molecule is O=C(NCC#Cc1ccccc1F)c1ccc[nH]c1=O. The number of pyridine rings is 1. The molecule has 1 aromatic heterocycles. The van der Waals surface area contributed by atoms with Gasteiger partial charge in [0.05, 0.1) is 12.1 Å². The van der Waals surface area contributed by atoms with Crippen LogP contribution in [0.3, 0.4) is 0 Å². The van der Waals surface area contributed by atoms with Gasteiger partial charge in [-0.15, -0.1) is 0 Å². The zero-order chi connectivity index (χ0) is 14.4. The quantitative estimate of drug-likeness (QED) is 0.808. The van der Waals surface area contributed by atoms with Crippen LogP contribution in [-0.4, -0.2) is 17.4 Å². The standard InChI is InChI=1S/C15H11FN2O2/c16-13-8-2-1-5-11(13)6-3-9-17-14(19)12-7-4-10-18-15(12)20/h1-2,4-5,7-8,10H,9H2,(H,17,19)(H,18,20). The fraction of sp³-hybridized carbons (Fsp3) is 0.0667. The molecule has 0 saturated carbocycles. The zero-order valence-electron chi connectivity index (χ0n) is 10.4. The summed E-state index contributed by atoms with van der Waals surface area (Å²) in [6, 6.07) is 9.08. The van der Waals surface area contributed by atoms with E-state index in [0.717, 1.165) is 0 Å². The number of carbonyl (C=O) groups excluding carboxylic acids is 1. The van der Waals surface area contributed by atoms with Crippen LogP contribution < -0.4 is 10.9 Å². The highest BCUT2D eigenvalue weighted by atomic mass is 19.1. The van der Waals surface area contributed by atoms with Gasteiger partial charge >= 0.3 is 0 Å². The second-order valence-electron chi connectivity index (χ2n) is 3.88. The van der Waals surface area contributed by atoms with Crippen LogP contribution in [0.1, 0.15) is 15.9 Å². The van der Waals surface area contributed by atoms with Gasteiger partial charge in [-0.2, -0.15) is 0 Å². The van der Waals surface area contributed by atoms with Gasteiger partial charge in [-0.3, -0.25) is 9.59 Å². The number of rotatable bonds is 2. The van der Waals surface area contributed by atoms with Crippen molar-refractivity contribution in [2.24, 2.45) is 0 Å². The number of halogens is 1. The molecule has 2 rings (SSSR count). The number of benzene rings is 1. The summed E-state index contributed by atoms with van der Waals surface area (Å²) >= 11 is 0. The van der Waals surface area contributed by atoms with Crippen molar-refractivity contribution in [3.8, 4) is 11.8 Å². The van der Waals surface area contributed by atoms with Crippen LogP contribution in [-0.2, 0) is 0 Å². The lowest BCUT2D eigenvalue weighted by molar-refractivity contribution is 0.0957. The monoisotopic (exact) mass is 270 g/mol. The smallest absolute Gasteiger partial charge is 0.260 e. The van der Waals surface area contributed by atoms with Crippen LogP contribution in [0.4, 0.5) is 4.39 Å². The predicted molar refractivity (Wildman–Crippen MR) is 72.7 cm³/mol. The number of amides is 1. The van der Waals surface area contributed by atoms with Gasteiger partial charge < -0.3 is 10.3 Å². The highest BCUT2D eigenvalue weighted by molar-refractivity contribution is 5.93. The summed E-state index contributed by atoms with van der Waals surface area (Å²) in [6.07, 6.45) is 1.44. The molecule has 5 heteroatoms. The number of nitrogens with one attached hydrogen (secondary N) is 2. The summed E-state index contributed by atoms with van der Waals surface area (Å²) in [4.78, 5) is 25.4. The van der Waals surface area contributed by atoms with Crippen molar-refractivity contribution in [2.75, 3.05) is 6.54 Å². The predicted octanol–water partition coefficient (Wildman–Crippen LogP) is 1.30. The molecule has 0 aliphatic carbocycles. The third-order valence-corrected chi connectivity index (χ3v) is 2.50. The van der Waals surface area contributed by atoms with E-state index in [1.807, 2.05) is 0 Å².